The van der Waals surface area contributed by atoms with E-state index in [0.717, 1.165) is 0 Å². The zero-order valence-electron chi connectivity index (χ0n) is 13.8. The number of methoxy groups -OCH3 is 2. The van der Waals surface area contributed by atoms with Crippen molar-refractivity contribution in [2.75, 3.05) is 14.2 Å². The van der Waals surface area contributed by atoms with E-state index in [-0.39, 0.29) is 17.8 Å². The number of nitrogens with one attached hydrogen (secondary N) is 1. The first-order chi connectivity index (χ1) is 11.9. The number of nitrogens with zero attached hydrogens (tertiary/aromatic N) is 1. The van der Waals surface area contributed by atoms with Gasteiger partial charge in [-0.25, -0.2) is 13.1 Å². The lowest BCUT2D eigenvalue weighted by Gasteiger charge is -2.12. The maximum Gasteiger partial charge on any atom is 0.273 e. The third-order valence-electron chi connectivity index (χ3n) is 3.50. The van der Waals surface area contributed by atoms with Crippen LogP contribution >= 0.6 is 0 Å². The van der Waals surface area contributed by atoms with Gasteiger partial charge < -0.3 is 9.47 Å². The Kier molecular flexibility index (Phi) is 5.94. The van der Waals surface area contributed by atoms with Crippen LogP contribution in [0.25, 0.3) is 0 Å². The smallest absolute Gasteiger partial charge is 0.273 e. The van der Waals surface area contributed by atoms with Crippen molar-refractivity contribution in [2.24, 2.45) is 0 Å². The summed E-state index contributed by atoms with van der Waals surface area (Å²) in [7, 11) is -0.801. The van der Waals surface area contributed by atoms with Gasteiger partial charge in [0.15, 0.2) is 0 Å². The third kappa shape index (κ3) is 4.91. The van der Waals surface area contributed by atoms with Crippen molar-refractivity contribution in [3.8, 4) is 11.5 Å². The Morgan fingerprint density at radius 3 is 2.44 bits per heavy atom. The van der Waals surface area contributed by atoms with Gasteiger partial charge in [-0.05, 0) is 18.2 Å². The summed E-state index contributed by atoms with van der Waals surface area (Å²) < 4.78 is 37.3. The van der Waals surface area contributed by atoms with Crippen molar-refractivity contribution in [3.05, 3.63) is 63.7 Å². The summed E-state index contributed by atoms with van der Waals surface area (Å²) in [6.45, 7) is -0.0245. The minimum absolute atomic E-state index is 0.0245. The minimum Gasteiger partial charge on any atom is -0.497 e. The Bertz CT molecular complexity index is 867. The lowest BCUT2D eigenvalue weighted by Crippen LogP contribution is -2.25. The number of sulfonamides is 1. The maximum atomic E-state index is 12.3. The molecule has 2 aromatic rings. The Labute approximate surface area is 145 Å². The molecule has 25 heavy (non-hydrogen) atoms. The minimum atomic E-state index is -3.78. The van der Waals surface area contributed by atoms with Gasteiger partial charge in [-0.3, -0.25) is 10.1 Å². The average Bonchev–Trinajstić information content (AvgIpc) is 2.59. The monoisotopic (exact) mass is 366 g/mol. The van der Waals surface area contributed by atoms with Crippen LogP contribution in [0.1, 0.15) is 11.1 Å². The molecule has 0 amide bonds. The highest BCUT2D eigenvalue weighted by atomic mass is 32.2. The normalized spacial score (nSPS) is 11.1. The summed E-state index contributed by atoms with van der Waals surface area (Å²) in [5, 5.41) is 11.0. The quantitative estimate of drug-likeness (QED) is 0.567. The molecule has 0 atom stereocenters. The predicted octanol–water partition coefficient (Wildman–Crippen LogP) is 2.23. The Balaban J connectivity index is 2.17. The van der Waals surface area contributed by atoms with E-state index >= 15 is 0 Å². The fraction of sp³-hybridized carbons (Fsp3) is 0.250. The Morgan fingerprint density at radius 2 is 1.80 bits per heavy atom. The molecule has 8 nitrogen and oxygen atoms in total. The molecule has 0 unspecified atom stereocenters. The van der Waals surface area contributed by atoms with Crippen LogP contribution in [-0.2, 0) is 22.3 Å². The molecule has 134 valence electrons. The van der Waals surface area contributed by atoms with Gasteiger partial charge in [0.05, 0.1) is 24.9 Å². The summed E-state index contributed by atoms with van der Waals surface area (Å²) in [5.41, 5.74) is 0.484. The summed E-state index contributed by atoms with van der Waals surface area (Å²) in [5.74, 6) is 0.582. The fourth-order valence-corrected chi connectivity index (χ4v) is 3.41. The van der Waals surface area contributed by atoms with Crippen LogP contribution in [0.3, 0.4) is 0 Å². The first-order valence-corrected chi connectivity index (χ1v) is 8.92. The number of benzene rings is 2. The molecule has 2 rings (SSSR count). The van der Waals surface area contributed by atoms with Crippen molar-refractivity contribution in [2.45, 2.75) is 12.3 Å². The second kappa shape index (κ2) is 7.95. The molecule has 2 aromatic carbocycles. The first-order valence-electron chi connectivity index (χ1n) is 7.27. The van der Waals surface area contributed by atoms with Crippen LogP contribution in [0.5, 0.6) is 11.5 Å². The molecule has 9 heteroatoms. The Hall–Kier alpha value is -2.65. The standard InChI is InChI=1S/C16H18N2O6S/c1-23-14-7-8-16(24-2)13(9-14)10-17-25(21,22)11-12-5-3-4-6-15(12)18(19)20/h3-9,17H,10-11H2,1-2H3. The van der Waals surface area contributed by atoms with Crippen LogP contribution in [-0.4, -0.2) is 27.6 Å². The van der Waals surface area contributed by atoms with Gasteiger partial charge in [0.25, 0.3) is 5.69 Å². The summed E-state index contributed by atoms with van der Waals surface area (Å²) in [4.78, 5) is 10.4. The summed E-state index contributed by atoms with van der Waals surface area (Å²) >= 11 is 0. The van der Waals surface area contributed by atoms with Gasteiger partial charge in [-0.1, -0.05) is 18.2 Å². The molecular formula is C16H18N2O6S. The van der Waals surface area contributed by atoms with Crippen molar-refractivity contribution in [3.63, 3.8) is 0 Å². The molecule has 0 fully saturated rings. The lowest BCUT2D eigenvalue weighted by atomic mass is 10.2. The van der Waals surface area contributed by atoms with E-state index in [2.05, 4.69) is 4.72 Å². The number of nitro groups is 1. The van der Waals surface area contributed by atoms with Gasteiger partial charge in [-0.2, -0.15) is 0 Å². The number of hydrogen-bond acceptors (Lipinski definition) is 6. The van der Waals surface area contributed by atoms with E-state index in [0.29, 0.717) is 17.1 Å². The molecule has 0 bridgehead atoms. The first kappa shape index (κ1) is 18.7. The molecule has 0 spiro atoms. The van der Waals surface area contributed by atoms with Crippen molar-refractivity contribution in [1.82, 2.24) is 4.72 Å². The second-order valence-corrected chi connectivity index (χ2v) is 6.95. The van der Waals surface area contributed by atoms with Crippen molar-refractivity contribution in [1.29, 1.82) is 0 Å². The molecule has 0 heterocycles. The van der Waals surface area contributed by atoms with E-state index < -0.39 is 20.7 Å². The molecule has 1 N–H and O–H groups in total. The molecule has 0 aliphatic carbocycles. The highest BCUT2D eigenvalue weighted by Gasteiger charge is 2.20. The molecule has 0 saturated heterocycles. The molecule has 0 aromatic heterocycles. The van der Waals surface area contributed by atoms with Gasteiger partial charge >= 0.3 is 0 Å². The topological polar surface area (TPSA) is 108 Å². The summed E-state index contributed by atoms with van der Waals surface area (Å²) in [6.07, 6.45) is 0. The van der Waals surface area contributed by atoms with E-state index in [1.165, 1.54) is 32.4 Å². The molecule has 0 saturated carbocycles. The SMILES string of the molecule is COc1ccc(OC)c(CNS(=O)(=O)Cc2ccccc2[N+](=O)[O-])c1. The summed E-state index contributed by atoms with van der Waals surface area (Å²) in [6, 6.07) is 10.8. The van der Waals surface area contributed by atoms with Crippen LogP contribution in [0, 0.1) is 10.1 Å². The average molecular weight is 366 g/mol. The maximum absolute atomic E-state index is 12.3. The molecule has 0 aliphatic rings. The van der Waals surface area contributed by atoms with Crippen LogP contribution in [0.2, 0.25) is 0 Å². The van der Waals surface area contributed by atoms with Crippen molar-refractivity contribution >= 4 is 15.7 Å². The zero-order chi connectivity index (χ0) is 18.4. The largest absolute Gasteiger partial charge is 0.497 e. The van der Waals surface area contributed by atoms with E-state index in [9.17, 15) is 18.5 Å². The number of ether oxygens (including phenoxy) is 2. The molecule has 0 aliphatic heterocycles. The number of rotatable bonds is 8. The number of para-hydroxylation sites is 1. The predicted molar refractivity (Wildman–Crippen MR) is 92.1 cm³/mol. The van der Waals surface area contributed by atoms with Crippen LogP contribution in [0.15, 0.2) is 42.5 Å². The third-order valence-corrected chi connectivity index (χ3v) is 4.78. The van der Waals surface area contributed by atoms with Crippen molar-refractivity contribution < 1.29 is 22.8 Å². The van der Waals surface area contributed by atoms with E-state index in [1.807, 2.05) is 0 Å². The van der Waals surface area contributed by atoms with E-state index in [1.54, 1.807) is 24.3 Å². The van der Waals surface area contributed by atoms with Gasteiger partial charge in [0.2, 0.25) is 10.0 Å². The van der Waals surface area contributed by atoms with E-state index in [4.69, 9.17) is 9.47 Å². The van der Waals surface area contributed by atoms with Crippen LogP contribution in [0.4, 0.5) is 5.69 Å². The van der Waals surface area contributed by atoms with Crippen LogP contribution < -0.4 is 14.2 Å². The fourth-order valence-electron chi connectivity index (χ4n) is 2.27. The van der Waals surface area contributed by atoms with Gasteiger partial charge in [0.1, 0.15) is 11.5 Å². The highest BCUT2D eigenvalue weighted by molar-refractivity contribution is 7.88. The molecule has 0 radical (unpaired) electrons. The van der Waals surface area contributed by atoms with Gasteiger partial charge in [0, 0.05) is 23.7 Å². The number of nitro benzene ring substituents is 1. The molecular weight excluding hydrogens is 348 g/mol. The zero-order valence-corrected chi connectivity index (χ0v) is 14.6. The number of hydrogen-bond donors (Lipinski definition) is 1. The lowest BCUT2D eigenvalue weighted by molar-refractivity contribution is -0.385. The Morgan fingerprint density at radius 1 is 1.08 bits per heavy atom. The highest BCUT2D eigenvalue weighted by Crippen LogP contribution is 2.24. The van der Waals surface area contributed by atoms with Gasteiger partial charge in [-0.15, -0.1) is 0 Å². The second-order valence-electron chi connectivity index (χ2n) is 5.14.